The predicted molar refractivity (Wildman–Crippen MR) is 87.0 cm³/mol. The van der Waals surface area contributed by atoms with Crippen molar-refractivity contribution in [2.45, 2.75) is 20.1 Å². The van der Waals surface area contributed by atoms with E-state index < -0.39 is 6.61 Å². The van der Waals surface area contributed by atoms with Crippen molar-refractivity contribution in [2.24, 2.45) is 4.99 Å². The zero-order valence-electron chi connectivity index (χ0n) is 11.8. The second-order valence-corrected chi connectivity index (χ2v) is 4.05. The number of hydrogen-bond donors (Lipinski definition) is 1. The minimum atomic E-state index is -2.83. The van der Waals surface area contributed by atoms with Crippen molar-refractivity contribution < 1.29 is 13.5 Å². The fourth-order valence-corrected chi connectivity index (χ4v) is 1.52. The highest BCUT2D eigenvalue weighted by Gasteiger charge is 2.09. The molecule has 0 aliphatic carbocycles. The van der Waals surface area contributed by atoms with Gasteiger partial charge in [0.25, 0.3) is 0 Å². The number of aliphatic imine (C=N–C) groups is 1. The number of benzene rings is 1. The molecule has 4 nitrogen and oxygen atoms in total. The first-order valence-electron chi connectivity index (χ1n) is 6.03. The molecule has 0 bridgehead atoms. The summed E-state index contributed by atoms with van der Waals surface area (Å²) in [6.07, 6.45) is 0. The van der Waals surface area contributed by atoms with E-state index in [9.17, 15) is 8.78 Å². The van der Waals surface area contributed by atoms with Gasteiger partial charge >= 0.3 is 6.61 Å². The first-order chi connectivity index (χ1) is 9.04. The smallest absolute Gasteiger partial charge is 0.387 e. The third-order valence-electron chi connectivity index (χ3n) is 2.35. The van der Waals surface area contributed by atoms with Crippen molar-refractivity contribution in [3.63, 3.8) is 0 Å². The average molecular weight is 399 g/mol. The summed E-state index contributed by atoms with van der Waals surface area (Å²) in [4.78, 5) is 6.19. The second kappa shape index (κ2) is 9.73. The summed E-state index contributed by atoms with van der Waals surface area (Å²) in [6.45, 7) is 0.162. The standard InChI is InChI=1S/C13H19F2N3O.HI/c1-4-16-13(18(2)3)17-9-10-7-5-6-8-11(10)19-12(14)15;/h5-8,12H,4,9H2,1-3H3,(H,16,17);1H. The summed E-state index contributed by atoms with van der Waals surface area (Å²) >= 11 is 0. The van der Waals surface area contributed by atoms with E-state index in [2.05, 4.69) is 15.0 Å². The molecule has 7 heteroatoms. The Labute approximate surface area is 135 Å². The molecule has 0 fully saturated rings. The first kappa shape index (κ1) is 18.9. The molecule has 0 heterocycles. The Morgan fingerprint density at radius 3 is 2.55 bits per heavy atom. The van der Waals surface area contributed by atoms with Gasteiger partial charge in [0, 0.05) is 26.2 Å². The van der Waals surface area contributed by atoms with Crippen LogP contribution in [0.4, 0.5) is 8.78 Å². The van der Waals surface area contributed by atoms with Crippen LogP contribution in [0.15, 0.2) is 29.3 Å². The minimum absolute atomic E-state index is 0. The van der Waals surface area contributed by atoms with Crippen molar-refractivity contribution in [3.8, 4) is 5.75 Å². The lowest BCUT2D eigenvalue weighted by Crippen LogP contribution is -2.36. The van der Waals surface area contributed by atoms with Crippen molar-refractivity contribution in [3.05, 3.63) is 29.8 Å². The van der Waals surface area contributed by atoms with Gasteiger partial charge in [-0.2, -0.15) is 8.78 Å². The van der Waals surface area contributed by atoms with E-state index >= 15 is 0 Å². The number of nitrogens with one attached hydrogen (secondary N) is 1. The highest BCUT2D eigenvalue weighted by molar-refractivity contribution is 14.0. The van der Waals surface area contributed by atoms with Crippen LogP contribution in [-0.4, -0.2) is 38.1 Å². The lowest BCUT2D eigenvalue weighted by molar-refractivity contribution is -0.0504. The van der Waals surface area contributed by atoms with Crippen molar-refractivity contribution in [2.75, 3.05) is 20.6 Å². The molecule has 0 radical (unpaired) electrons. The summed E-state index contributed by atoms with van der Waals surface area (Å²) in [5.74, 6) is 0.866. The lowest BCUT2D eigenvalue weighted by Gasteiger charge is -2.17. The molecule has 0 spiro atoms. The van der Waals surface area contributed by atoms with E-state index in [1.165, 1.54) is 6.07 Å². The number of hydrogen-bond acceptors (Lipinski definition) is 2. The average Bonchev–Trinajstić information content (AvgIpc) is 2.35. The molecule has 1 aromatic carbocycles. The van der Waals surface area contributed by atoms with Gasteiger partial charge in [0.2, 0.25) is 0 Å². The number of nitrogens with zero attached hydrogens (tertiary/aromatic N) is 2. The van der Waals surface area contributed by atoms with Gasteiger partial charge in [-0.05, 0) is 13.0 Å². The SMILES string of the molecule is CCNC(=NCc1ccccc1OC(F)F)N(C)C.I. The summed E-state index contributed by atoms with van der Waals surface area (Å²) in [6, 6.07) is 6.66. The topological polar surface area (TPSA) is 36.9 Å². The van der Waals surface area contributed by atoms with E-state index in [1.54, 1.807) is 18.2 Å². The van der Waals surface area contributed by atoms with Crippen LogP contribution < -0.4 is 10.1 Å². The lowest BCUT2D eigenvalue weighted by atomic mass is 10.2. The van der Waals surface area contributed by atoms with Gasteiger partial charge in [0.15, 0.2) is 5.96 Å². The van der Waals surface area contributed by atoms with Gasteiger partial charge in [-0.15, -0.1) is 24.0 Å². The van der Waals surface area contributed by atoms with Crippen LogP contribution in [0.25, 0.3) is 0 Å². The molecule has 1 N–H and O–H groups in total. The summed E-state index contributed by atoms with van der Waals surface area (Å²) in [5.41, 5.74) is 0.625. The molecule has 0 saturated carbocycles. The number of halogens is 3. The Morgan fingerprint density at radius 2 is 2.00 bits per heavy atom. The molecular weight excluding hydrogens is 379 g/mol. The van der Waals surface area contributed by atoms with Crippen LogP contribution in [0.3, 0.4) is 0 Å². The van der Waals surface area contributed by atoms with Gasteiger partial charge in [0.1, 0.15) is 5.75 Å². The third-order valence-corrected chi connectivity index (χ3v) is 2.35. The highest BCUT2D eigenvalue weighted by atomic mass is 127. The maximum atomic E-state index is 12.3. The Kier molecular flexibility index (Phi) is 9.19. The van der Waals surface area contributed by atoms with Gasteiger partial charge < -0.3 is 15.0 Å². The van der Waals surface area contributed by atoms with Gasteiger partial charge in [0.05, 0.1) is 6.54 Å². The number of ether oxygens (including phenoxy) is 1. The Morgan fingerprint density at radius 1 is 1.35 bits per heavy atom. The maximum Gasteiger partial charge on any atom is 0.387 e. The van der Waals surface area contributed by atoms with E-state index in [-0.39, 0.29) is 36.3 Å². The van der Waals surface area contributed by atoms with Crippen LogP contribution >= 0.6 is 24.0 Å². The van der Waals surface area contributed by atoms with Gasteiger partial charge in [-0.25, -0.2) is 4.99 Å². The maximum absolute atomic E-state index is 12.3. The third kappa shape index (κ3) is 6.36. The van der Waals surface area contributed by atoms with Crippen LogP contribution in [0.2, 0.25) is 0 Å². The monoisotopic (exact) mass is 399 g/mol. The highest BCUT2D eigenvalue weighted by Crippen LogP contribution is 2.20. The summed E-state index contributed by atoms with van der Waals surface area (Å²) < 4.78 is 29.0. The normalized spacial score (nSPS) is 11.0. The molecule has 114 valence electrons. The molecular formula is C13H20F2IN3O. The fourth-order valence-electron chi connectivity index (χ4n) is 1.52. The number of guanidine groups is 1. The molecule has 0 aromatic heterocycles. The van der Waals surface area contributed by atoms with E-state index in [0.717, 1.165) is 6.54 Å². The molecule has 0 unspecified atom stereocenters. The quantitative estimate of drug-likeness (QED) is 0.470. The van der Waals surface area contributed by atoms with Crippen LogP contribution in [0, 0.1) is 0 Å². The second-order valence-electron chi connectivity index (χ2n) is 4.05. The number of alkyl halides is 2. The molecule has 0 aliphatic rings. The molecule has 20 heavy (non-hydrogen) atoms. The van der Waals surface area contributed by atoms with Crippen molar-refractivity contribution >= 4 is 29.9 Å². The van der Waals surface area contributed by atoms with Gasteiger partial charge in [-0.3, -0.25) is 0 Å². The summed E-state index contributed by atoms with van der Waals surface area (Å²) in [7, 11) is 3.73. The van der Waals surface area contributed by atoms with Crippen LogP contribution in [-0.2, 0) is 6.54 Å². The van der Waals surface area contributed by atoms with Crippen molar-refractivity contribution in [1.82, 2.24) is 10.2 Å². The number of rotatable bonds is 5. The molecule has 0 atom stereocenters. The minimum Gasteiger partial charge on any atom is -0.434 e. The van der Waals surface area contributed by atoms with E-state index in [0.29, 0.717) is 11.5 Å². The van der Waals surface area contributed by atoms with Crippen LogP contribution in [0.5, 0.6) is 5.75 Å². The first-order valence-corrected chi connectivity index (χ1v) is 6.03. The van der Waals surface area contributed by atoms with E-state index in [4.69, 9.17) is 0 Å². The Bertz CT molecular complexity index is 428. The van der Waals surface area contributed by atoms with Crippen molar-refractivity contribution in [1.29, 1.82) is 0 Å². The summed E-state index contributed by atoms with van der Waals surface area (Å²) in [5, 5.41) is 3.10. The zero-order chi connectivity index (χ0) is 14.3. The molecule has 0 amide bonds. The molecule has 0 aliphatic heterocycles. The number of para-hydroxylation sites is 1. The predicted octanol–water partition coefficient (Wildman–Crippen LogP) is 2.93. The van der Waals surface area contributed by atoms with E-state index in [1.807, 2.05) is 25.9 Å². The zero-order valence-corrected chi connectivity index (χ0v) is 14.1. The Balaban J connectivity index is 0.00000361. The largest absolute Gasteiger partial charge is 0.434 e. The van der Waals surface area contributed by atoms with Gasteiger partial charge in [-0.1, -0.05) is 18.2 Å². The molecule has 0 saturated heterocycles. The molecule has 1 aromatic rings. The molecule has 1 rings (SSSR count). The fraction of sp³-hybridized carbons (Fsp3) is 0.462. The van der Waals surface area contributed by atoms with Crippen LogP contribution in [0.1, 0.15) is 12.5 Å². The Hall–Kier alpha value is -1.12.